The molecule has 0 unspecified atom stereocenters. The van der Waals surface area contributed by atoms with E-state index in [1.807, 2.05) is 0 Å². The molecule has 4 rings (SSSR count). The lowest BCUT2D eigenvalue weighted by atomic mass is 9.81. The van der Waals surface area contributed by atoms with E-state index in [1.54, 1.807) is 56.1 Å². The van der Waals surface area contributed by atoms with Crippen molar-refractivity contribution in [3.8, 4) is 11.5 Å². The summed E-state index contributed by atoms with van der Waals surface area (Å²) in [6.45, 7) is 2.51. The van der Waals surface area contributed by atoms with Crippen LogP contribution in [0.5, 0.6) is 11.5 Å². The van der Waals surface area contributed by atoms with Crippen molar-refractivity contribution in [1.82, 2.24) is 19.7 Å². The predicted octanol–water partition coefficient (Wildman–Crippen LogP) is 2.49. The molecule has 1 aliphatic carbocycles. The Morgan fingerprint density at radius 1 is 1.07 bits per heavy atom. The predicted molar refractivity (Wildman–Crippen MR) is 148 cm³/mol. The van der Waals surface area contributed by atoms with Crippen molar-refractivity contribution in [3.63, 3.8) is 0 Å². The van der Waals surface area contributed by atoms with Crippen LogP contribution in [-0.4, -0.2) is 66.1 Å². The van der Waals surface area contributed by atoms with Gasteiger partial charge in [0.05, 0.1) is 20.8 Å². The largest absolute Gasteiger partial charge is 0.497 e. The van der Waals surface area contributed by atoms with E-state index in [-0.39, 0.29) is 36.4 Å². The van der Waals surface area contributed by atoms with Gasteiger partial charge in [-0.3, -0.25) is 18.8 Å². The van der Waals surface area contributed by atoms with E-state index >= 15 is 0 Å². The van der Waals surface area contributed by atoms with Gasteiger partial charge in [0.25, 0.3) is 5.91 Å². The van der Waals surface area contributed by atoms with Crippen LogP contribution >= 0.6 is 0 Å². The molecule has 1 aliphatic rings. The van der Waals surface area contributed by atoms with Crippen molar-refractivity contribution in [3.05, 3.63) is 36.2 Å². The SMILES string of the molecule is CCOC(=O)CNC(=O)C1CCC(CNc2nc(Nc3cc(OC)cc(OC)c3)c(C(N)=O)c3nccn23)CC1. The molecule has 1 aromatic carbocycles. The van der Waals surface area contributed by atoms with Gasteiger partial charge in [-0.05, 0) is 38.5 Å². The van der Waals surface area contributed by atoms with Gasteiger partial charge in [-0.1, -0.05) is 0 Å². The van der Waals surface area contributed by atoms with Crippen LogP contribution in [-0.2, 0) is 14.3 Å². The van der Waals surface area contributed by atoms with Gasteiger partial charge in [0.15, 0.2) is 11.5 Å². The Labute approximate surface area is 231 Å². The quantitative estimate of drug-likeness (QED) is 0.244. The number of nitrogens with two attached hydrogens (primary N) is 1. The van der Waals surface area contributed by atoms with E-state index in [9.17, 15) is 14.4 Å². The second kappa shape index (κ2) is 13.0. The van der Waals surface area contributed by atoms with Crippen LogP contribution in [0.2, 0.25) is 0 Å². The number of nitrogens with zero attached hydrogens (tertiary/aromatic N) is 3. The minimum Gasteiger partial charge on any atom is -0.497 e. The minimum absolute atomic E-state index is 0.110. The summed E-state index contributed by atoms with van der Waals surface area (Å²) in [6, 6.07) is 5.23. The topological polar surface area (TPSA) is 171 Å². The first-order valence-electron chi connectivity index (χ1n) is 13.2. The average molecular weight is 554 g/mol. The Kier molecular flexibility index (Phi) is 9.25. The summed E-state index contributed by atoms with van der Waals surface area (Å²) >= 11 is 0. The summed E-state index contributed by atoms with van der Waals surface area (Å²) in [7, 11) is 3.10. The number of carbonyl (C=O) groups excluding carboxylic acids is 3. The van der Waals surface area contributed by atoms with E-state index in [0.717, 1.165) is 25.7 Å². The molecule has 0 radical (unpaired) electrons. The fraction of sp³-hybridized carbons (Fsp3) is 0.444. The second-order valence-corrected chi connectivity index (χ2v) is 9.49. The van der Waals surface area contributed by atoms with Crippen LogP contribution in [0, 0.1) is 11.8 Å². The highest BCUT2D eigenvalue weighted by atomic mass is 16.5. The van der Waals surface area contributed by atoms with Crippen LogP contribution in [0.25, 0.3) is 5.65 Å². The molecule has 3 aromatic rings. The molecule has 2 aromatic heterocycles. The van der Waals surface area contributed by atoms with Gasteiger partial charge < -0.3 is 35.9 Å². The molecular weight excluding hydrogens is 518 g/mol. The summed E-state index contributed by atoms with van der Waals surface area (Å²) < 4.78 is 17.2. The van der Waals surface area contributed by atoms with Gasteiger partial charge in [-0.25, -0.2) is 4.98 Å². The van der Waals surface area contributed by atoms with Gasteiger partial charge in [-0.15, -0.1) is 0 Å². The molecule has 1 saturated carbocycles. The number of carbonyl (C=O) groups is 3. The molecule has 2 heterocycles. The highest BCUT2D eigenvalue weighted by Gasteiger charge is 2.27. The first-order valence-corrected chi connectivity index (χ1v) is 13.2. The van der Waals surface area contributed by atoms with Gasteiger partial charge in [0.1, 0.15) is 23.6 Å². The molecule has 214 valence electrons. The average Bonchev–Trinajstić information content (AvgIpc) is 3.44. The number of methoxy groups -OCH3 is 2. The Morgan fingerprint density at radius 3 is 2.40 bits per heavy atom. The molecular formula is C27H35N7O6. The number of esters is 1. The summed E-state index contributed by atoms with van der Waals surface area (Å²) in [5.74, 6) is 0.809. The molecule has 13 nitrogen and oxygen atoms in total. The van der Waals surface area contributed by atoms with E-state index in [0.29, 0.717) is 41.2 Å². The van der Waals surface area contributed by atoms with Crippen molar-refractivity contribution in [2.45, 2.75) is 32.6 Å². The highest BCUT2D eigenvalue weighted by Crippen LogP contribution is 2.32. The summed E-state index contributed by atoms with van der Waals surface area (Å²) in [4.78, 5) is 45.5. The molecule has 1 fully saturated rings. The number of benzene rings is 1. The lowest BCUT2D eigenvalue weighted by molar-refractivity contribution is -0.144. The van der Waals surface area contributed by atoms with Crippen LogP contribution < -0.4 is 31.2 Å². The molecule has 5 N–H and O–H groups in total. The molecule has 0 saturated heterocycles. The van der Waals surface area contributed by atoms with E-state index in [1.165, 1.54) is 0 Å². The molecule has 2 amide bonds. The standard InChI is InChI=1S/C27H35N7O6/c1-4-40-21(35)15-30-26(37)17-7-5-16(6-8-17)14-31-27-33-24(22(23(28)36)25-29-9-10-34(25)27)32-18-11-19(38-2)13-20(12-18)39-3/h9-13,16-17,32H,4-8,14-15H2,1-3H3,(H2,28,36)(H,30,37)(H,31,33). The minimum atomic E-state index is -0.674. The fourth-order valence-electron chi connectivity index (χ4n) is 4.82. The molecule has 0 spiro atoms. The van der Waals surface area contributed by atoms with Crippen molar-refractivity contribution in [2.24, 2.45) is 17.6 Å². The first kappa shape index (κ1) is 28.5. The second-order valence-electron chi connectivity index (χ2n) is 9.49. The van der Waals surface area contributed by atoms with Crippen LogP contribution in [0.4, 0.5) is 17.5 Å². The van der Waals surface area contributed by atoms with Crippen molar-refractivity contribution in [1.29, 1.82) is 0 Å². The number of fused-ring (bicyclic) bond motifs is 1. The van der Waals surface area contributed by atoms with Crippen molar-refractivity contribution in [2.75, 3.05) is 44.5 Å². The summed E-state index contributed by atoms with van der Waals surface area (Å²) in [5.41, 5.74) is 6.84. The van der Waals surface area contributed by atoms with Crippen molar-refractivity contribution < 1.29 is 28.6 Å². The molecule has 13 heteroatoms. The Hall–Kier alpha value is -4.55. The lowest BCUT2D eigenvalue weighted by Crippen LogP contribution is -2.37. The number of amides is 2. The third-order valence-electron chi connectivity index (χ3n) is 6.89. The third kappa shape index (κ3) is 6.71. The Balaban J connectivity index is 1.46. The van der Waals surface area contributed by atoms with Crippen LogP contribution in [0.3, 0.4) is 0 Å². The zero-order valence-electron chi connectivity index (χ0n) is 22.9. The lowest BCUT2D eigenvalue weighted by Gasteiger charge is -2.28. The van der Waals surface area contributed by atoms with E-state index < -0.39 is 11.9 Å². The summed E-state index contributed by atoms with van der Waals surface area (Å²) in [5, 5.41) is 9.23. The number of anilines is 3. The maximum absolute atomic E-state index is 12.4. The number of rotatable bonds is 12. The van der Waals surface area contributed by atoms with Gasteiger partial charge in [-0.2, -0.15) is 4.98 Å². The van der Waals surface area contributed by atoms with Gasteiger partial charge >= 0.3 is 5.97 Å². The number of hydrogen-bond acceptors (Lipinski definition) is 10. The van der Waals surface area contributed by atoms with Gasteiger partial charge in [0, 0.05) is 48.7 Å². The Morgan fingerprint density at radius 2 is 1.77 bits per heavy atom. The Bertz CT molecular complexity index is 1340. The number of nitrogens with one attached hydrogen (secondary N) is 3. The number of ether oxygens (including phenoxy) is 3. The van der Waals surface area contributed by atoms with E-state index in [4.69, 9.17) is 24.9 Å². The van der Waals surface area contributed by atoms with Crippen LogP contribution in [0.15, 0.2) is 30.6 Å². The maximum Gasteiger partial charge on any atom is 0.325 e. The zero-order valence-corrected chi connectivity index (χ0v) is 22.9. The summed E-state index contributed by atoms with van der Waals surface area (Å²) in [6.07, 6.45) is 6.41. The molecule has 40 heavy (non-hydrogen) atoms. The molecule has 0 atom stereocenters. The fourth-order valence-corrected chi connectivity index (χ4v) is 4.82. The zero-order chi connectivity index (χ0) is 28.6. The number of primary amides is 1. The number of imidazole rings is 1. The van der Waals surface area contributed by atoms with E-state index in [2.05, 4.69) is 20.9 Å². The normalized spacial score (nSPS) is 16.7. The van der Waals surface area contributed by atoms with Crippen molar-refractivity contribution >= 4 is 40.9 Å². The maximum atomic E-state index is 12.4. The molecule has 0 aliphatic heterocycles. The highest BCUT2D eigenvalue weighted by molar-refractivity contribution is 6.04. The molecule has 0 bridgehead atoms. The number of hydrogen-bond donors (Lipinski definition) is 4. The van der Waals surface area contributed by atoms with Crippen LogP contribution in [0.1, 0.15) is 43.0 Å². The monoisotopic (exact) mass is 553 g/mol. The van der Waals surface area contributed by atoms with Gasteiger partial charge in [0.2, 0.25) is 11.9 Å². The third-order valence-corrected chi connectivity index (χ3v) is 6.89. The first-order chi connectivity index (χ1) is 19.3. The smallest absolute Gasteiger partial charge is 0.325 e. The number of aromatic nitrogens is 3.